The summed E-state index contributed by atoms with van der Waals surface area (Å²) in [6.45, 7) is 4.30. The van der Waals surface area contributed by atoms with E-state index in [1.54, 1.807) is 6.20 Å². The quantitative estimate of drug-likeness (QED) is 0.849. The van der Waals surface area contributed by atoms with Crippen LogP contribution in [0.15, 0.2) is 36.5 Å². The van der Waals surface area contributed by atoms with E-state index in [4.69, 9.17) is 0 Å². The van der Waals surface area contributed by atoms with Crippen LogP contribution in [0.3, 0.4) is 0 Å². The van der Waals surface area contributed by atoms with Crippen LogP contribution in [0, 0.1) is 0 Å². The first-order chi connectivity index (χ1) is 8.12. The molecule has 17 heavy (non-hydrogen) atoms. The standard InChI is InChI=1S/C14H18N2O/c1-3-14(2,17)10-16-13-12-7-5-4-6-11(12)8-9-15-13/h4-9,17H,3,10H2,1-2H3,(H,15,16). The lowest BCUT2D eigenvalue weighted by atomic mass is 10.0. The minimum atomic E-state index is -0.696. The van der Waals surface area contributed by atoms with Crippen molar-refractivity contribution in [3.63, 3.8) is 0 Å². The average molecular weight is 230 g/mol. The lowest BCUT2D eigenvalue weighted by Crippen LogP contribution is -2.32. The number of nitrogens with zero attached hydrogens (tertiary/aromatic N) is 1. The van der Waals surface area contributed by atoms with Crippen LogP contribution < -0.4 is 5.32 Å². The third kappa shape index (κ3) is 2.74. The smallest absolute Gasteiger partial charge is 0.133 e. The Hall–Kier alpha value is -1.61. The van der Waals surface area contributed by atoms with Crippen LogP contribution in [0.25, 0.3) is 10.8 Å². The molecule has 0 amide bonds. The minimum absolute atomic E-state index is 0.504. The van der Waals surface area contributed by atoms with Gasteiger partial charge in [0.1, 0.15) is 5.82 Å². The second-order valence-corrected chi connectivity index (χ2v) is 4.58. The van der Waals surface area contributed by atoms with E-state index >= 15 is 0 Å². The molecule has 0 fully saturated rings. The van der Waals surface area contributed by atoms with E-state index in [0.29, 0.717) is 13.0 Å². The molecule has 1 unspecified atom stereocenters. The normalized spacial score (nSPS) is 14.5. The molecule has 1 aromatic heterocycles. The summed E-state index contributed by atoms with van der Waals surface area (Å²) in [6, 6.07) is 10.1. The maximum atomic E-state index is 9.97. The van der Waals surface area contributed by atoms with Gasteiger partial charge < -0.3 is 10.4 Å². The molecular formula is C14H18N2O. The molecule has 2 aromatic rings. The van der Waals surface area contributed by atoms with E-state index < -0.39 is 5.60 Å². The fourth-order valence-corrected chi connectivity index (χ4v) is 1.66. The van der Waals surface area contributed by atoms with E-state index in [0.717, 1.165) is 16.6 Å². The Morgan fingerprint density at radius 2 is 2.06 bits per heavy atom. The van der Waals surface area contributed by atoms with E-state index in [9.17, 15) is 5.11 Å². The highest BCUT2D eigenvalue weighted by molar-refractivity contribution is 5.91. The van der Waals surface area contributed by atoms with Gasteiger partial charge in [-0.3, -0.25) is 0 Å². The van der Waals surface area contributed by atoms with Gasteiger partial charge in [0.05, 0.1) is 5.60 Å². The summed E-state index contributed by atoms with van der Waals surface area (Å²) in [5.41, 5.74) is -0.696. The Bertz CT molecular complexity index is 503. The Balaban J connectivity index is 2.24. The molecule has 0 aliphatic carbocycles. The van der Waals surface area contributed by atoms with Gasteiger partial charge in [-0.1, -0.05) is 31.2 Å². The van der Waals surface area contributed by atoms with Gasteiger partial charge in [0.15, 0.2) is 0 Å². The summed E-state index contributed by atoms with van der Waals surface area (Å²) < 4.78 is 0. The molecular weight excluding hydrogens is 212 g/mol. The van der Waals surface area contributed by atoms with E-state index in [2.05, 4.69) is 16.4 Å². The van der Waals surface area contributed by atoms with Gasteiger partial charge in [-0.2, -0.15) is 0 Å². The number of benzene rings is 1. The van der Waals surface area contributed by atoms with Crippen LogP contribution >= 0.6 is 0 Å². The number of anilines is 1. The molecule has 0 aliphatic rings. The number of nitrogens with one attached hydrogen (secondary N) is 1. The maximum absolute atomic E-state index is 9.97. The van der Waals surface area contributed by atoms with Crippen LogP contribution in [-0.4, -0.2) is 22.2 Å². The first-order valence-corrected chi connectivity index (χ1v) is 5.92. The predicted molar refractivity (Wildman–Crippen MR) is 71.1 cm³/mol. The van der Waals surface area contributed by atoms with Crippen molar-refractivity contribution in [2.24, 2.45) is 0 Å². The average Bonchev–Trinajstić information content (AvgIpc) is 2.36. The number of fused-ring (bicyclic) bond motifs is 1. The molecule has 0 bridgehead atoms. The number of hydrogen-bond acceptors (Lipinski definition) is 3. The van der Waals surface area contributed by atoms with Crippen LogP contribution in [-0.2, 0) is 0 Å². The van der Waals surface area contributed by atoms with Crippen molar-refractivity contribution in [1.82, 2.24) is 4.98 Å². The molecule has 1 atom stereocenters. The highest BCUT2D eigenvalue weighted by Gasteiger charge is 2.17. The number of aromatic nitrogens is 1. The van der Waals surface area contributed by atoms with Crippen molar-refractivity contribution in [3.05, 3.63) is 36.5 Å². The molecule has 90 valence electrons. The highest BCUT2D eigenvalue weighted by atomic mass is 16.3. The van der Waals surface area contributed by atoms with E-state index in [1.165, 1.54) is 0 Å². The first kappa shape index (κ1) is 11.9. The zero-order valence-corrected chi connectivity index (χ0v) is 10.3. The molecule has 0 spiro atoms. The molecule has 0 saturated heterocycles. The summed E-state index contributed by atoms with van der Waals surface area (Å²) >= 11 is 0. The first-order valence-electron chi connectivity index (χ1n) is 5.92. The Morgan fingerprint density at radius 1 is 1.29 bits per heavy atom. The molecule has 1 heterocycles. The van der Waals surface area contributed by atoms with Gasteiger partial charge in [-0.05, 0) is 24.8 Å². The van der Waals surface area contributed by atoms with Crippen molar-refractivity contribution in [2.75, 3.05) is 11.9 Å². The number of aliphatic hydroxyl groups is 1. The fourth-order valence-electron chi connectivity index (χ4n) is 1.66. The third-order valence-electron chi connectivity index (χ3n) is 3.07. The van der Waals surface area contributed by atoms with Crippen LogP contribution in [0.5, 0.6) is 0 Å². The lowest BCUT2D eigenvalue weighted by Gasteiger charge is -2.22. The second-order valence-electron chi connectivity index (χ2n) is 4.58. The Labute approximate surface area is 102 Å². The Kier molecular flexibility index (Phi) is 3.29. The van der Waals surface area contributed by atoms with Crippen LogP contribution in [0.4, 0.5) is 5.82 Å². The van der Waals surface area contributed by atoms with Crippen molar-refractivity contribution in [1.29, 1.82) is 0 Å². The van der Waals surface area contributed by atoms with Crippen molar-refractivity contribution in [2.45, 2.75) is 25.9 Å². The monoisotopic (exact) mass is 230 g/mol. The van der Waals surface area contributed by atoms with Gasteiger partial charge >= 0.3 is 0 Å². The van der Waals surface area contributed by atoms with E-state index in [-0.39, 0.29) is 0 Å². The molecule has 2 rings (SSSR count). The maximum Gasteiger partial charge on any atom is 0.133 e. The molecule has 0 radical (unpaired) electrons. The second kappa shape index (κ2) is 4.72. The summed E-state index contributed by atoms with van der Waals surface area (Å²) in [5, 5.41) is 15.4. The van der Waals surface area contributed by atoms with Gasteiger partial charge in [-0.15, -0.1) is 0 Å². The molecule has 0 saturated carbocycles. The third-order valence-corrected chi connectivity index (χ3v) is 3.07. The number of hydrogen-bond donors (Lipinski definition) is 2. The minimum Gasteiger partial charge on any atom is -0.388 e. The summed E-state index contributed by atoms with van der Waals surface area (Å²) in [4.78, 5) is 4.32. The van der Waals surface area contributed by atoms with Crippen LogP contribution in [0.2, 0.25) is 0 Å². The van der Waals surface area contributed by atoms with Crippen LogP contribution in [0.1, 0.15) is 20.3 Å². The SMILES string of the molecule is CCC(C)(O)CNc1nccc2ccccc12. The molecule has 3 nitrogen and oxygen atoms in total. The topological polar surface area (TPSA) is 45.1 Å². The van der Waals surface area contributed by atoms with Crippen molar-refractivity contribution < 1.29 is 5.11 Å². The summed E-state index contributed by atoms with van der Waals surface area (Å²) in [7, 11) is 0. The van der Waals surface area contributed by atoms with Crippen molar-refractivity contribution >= 4 is 16.6 Å². The van der Waals surface area contributed by atoms with Gasteiger partial charge in [0.2, 0.25) is 0 Å². The molecule has 2 N–H and O–H groups in total. The highest BCUT2D eigenvalue weighted by Crippen LogP contribution is 2.21. The van der Waals surface area contributed by atoms with Gasteiger partial charge in [-0.25, -0.2) is 4.98 Å². The zero-order valence-electron chi connectivity index (χ0n) is 10.3. The zero-order chi connectivity index (χ0) is 12.3. The fraction of sp³-hybridized carbons (Fsp3) is 0.357. The number of rotatable bonds is 4. The van der Waals surface area contributed by atoms with Gasteiger partial charge in [0.25, 0.3) is 0 Å². The number of pyridine rings is 1. The molecule has 1 aromatic carbocycles. The van der Waals surface area contributed by atoms with Crippen molar-refractivity contribution in [3.8, 4) is 0 Å². The Morgan fingerprint density at radius 3 is 2.82 bits per heavy atom. The van der Waals surface area contributed by atoms with E-state index in [1.807, 2.05) is 38.1 Å². The predicted octanol–water partition coefficient (Wildman–Crippen LogP) is 2.81. The lowest BCUT2D eigenvalue weighted by molar-refractivity contribution is 0.0697. The summed E-state index contributed by atoms with van der Waals surface area (Å²) in [5.74, 6) is 0.830. The molecule has 3 heteroatoms. The van der Waals surface area contributed by atoms with Gasteiger partial charge in [0, 0.05) is 18.1 Å². The molecule has 0 aliphatic heterocycles. The summed E-state index contributed by atoms with van der Waals surface area (Å²) in [6.07, 6.45) is 2.50. The largest absolute Gasteiger partial charge is 0.388 e.